The maximum Gasteiger partial charge on any atom is 0.328 e. The second-order valence-corrected chi connectivity index (χ2v) is 5.16. The Balaban J connectivity index is 2.03. The molecule has 1 aliphatic heterocycles. The van der Waals surface area contributed by atoms with Gasteiger partial charge in [0.1, 0.15) is 5.75 Å². The number of hydrogen-bond donors (Lipinski definition) is 1. The van der Waals surface area contributed by atoms with Crippen molar-refractivity contribution in [1.82, 2.24) is 0 Å². The van der Waals surface area contributed by atoms with E-state index in [9.17, 15) is 4.79 Å². The summed E-state index contributed by atoms with van der Waals surface area (Å²) in [5.74, 6) is 0.134. The van der Waals surface area contributed by atoms with Crippen molar-refractivity contribution in [3.05, 3.63) is 34.9 Å². The lowest BCUT2D eigenvalue weighted by Gasteiger charge is -2.22. The van der Waals surface area contributed by atoms with Crippen molar-refractivity contribution in [2.24, 2.45) is 5.92 Å². The fourth-order valence-corrected chi connectivity index (χ4v) is 2.24. The Morgan fingerprint density at radius 2 is 2.20 bits per heavy atom. The van der Waals surface area contributed by atoms with E-state index in [1.165, 1.54) is 6.08 Å². The highest BCUT2D eigenvalue weighted by atomic mass is 35.5. The molecule has 1 N–H and O–H groups in total. The molecule has 1 heterocycles. The van der Waals surface area contributed by atoms with Gasteiger partial charge in [0.15, 0.2) is 0 Å². The summed E-state index contributed by atoms with van der Waals surface area (Å²) in [7, 11) is 0. The van der Waals surface area contributed by atoms with E-state index in [1.807, 2.05) is 0 Å². The Kier molecular flexibility index (Phi) is 5.44. The van der Waals surface area contributed by atoms with Crippen LogP contribution < -0.4 is 4.74 Å². The highest BCUT2D eigenvalue weighted by Gasteiger charge is 2.15. The first-order chi connectivity index (χ1) is 9.65. The van der Waals surface area contributed by atoms with Crippen molar-refractivity contribution in [3.8, 4) is 5.75 Å². The highest BCUT2D eigenvalue weighted by Crippen LogP contribution is 2.26. The molecular formula is C15H17ClO4. The van der Waals surface area contributed by atoms with E-state index in [0.29, 0.717) is 28.9 Å². The van der Waals surface area contributed by atoms with E-state index in [4.69, 9.17) is 26.2 Å². The predicted molar refractivity (Wildman–Crippen MR) is 77.2 cm³/mol. The quantitative estimate of drug-likeness (QED) is 0.848. The summed E-state index contributed by atoms with van der Waals surface area (Å²) < 4.78 is 11.1. The third-order valence-corrected chi connectivity index (χ3v) is 3.43. The molecule has 1 aliphatic rings. The smallest absolute Gasteiger partial charge is 0.328 e. The molecule has 0 atom stereocenters. The van der Waals surface area contributed by atoms with Gasteiger partial charge in [-0.25, -0.2) is 4.79 Å². The number of ether oxygens (including phenoxy) is 2. The summed E-state index contributed by atoms with van der Waals surface area (Å²) in [6.07, 6.45) is 4.56. The summed E-state index contributed by atoms with van der Waals surface area (Å²) in [5.41, 5.74) is 0.673. The van der Waals surface area contributed by atoms with Crippen LogP contribution in [-0.4, -0.2) is 30.9 Å². The van der Waals surface area contributed by atoms with Crippen LogP contribution in [0.4, 0.5) is 0 Å². The molecule has 5 heteroatoms. The Morgan fingerprint density at radius 1 is 1.45 bits per heavy atom. The second kappa shape index (κ2) is 7.31. The number of benzene rings is 1. The molecule has 1 fully saturated rings. The molecule has 20 heavy (non-hydrogen) atoms. The van der Waals surface area contributed by atoms with Crippen molar-refractivity contribution in [1.29, 1.82) is 0 Å². The average Bonchev–Trinajstić information content (AvgIpc) is 2.45. The van der Waals surface area contributed by atoms with Crippen LogP contribution in [0.25, 0.3) is 6.08 Å². The second-order valence-electron chi connectivity index (χ2n) is 4.72. The van der Waals surface area contributed by atoms with E-state index in [1.54, 1.807) is 18.2 Å². The molecule has 1 aromatic rings. The Morgan fingerprint density at radius 3 is 2.90 bits per heavy atom. The van der Waals surface area contributed by atoms with Crippen LogP contribution in [0.3, 0.4) is 0 Å². The van der Waals surface area contributed by atoms with Crippen LogP contribution in [-0.2, 0) is 9.53 Å². The number of carboxylic acids is 1. The molecule has 0 aromatic heterocycles. The fourth-order valence-electron chi connectivity index (χ4n) is 2.06. The fraction of sp³-hybridized carbons (Fsp3) is 0.400. The summed E-state index contributed by atoms with van der Waals surface area (Å²) >= 11 is 5.93. The number of aliphatic carboxylic acids is 1. The molecule has 0 aliphatic carbocycles. The van der Waals surface area contributed by atoms with E-state index < -0.39 is 5.97 Å². The van der Waals surface area contributed by atoms with Crippen LogP contribution in [0.1, 0.15) is 18.4 Å². The van der Waals surface area contributed by atoms with Gasteiger partial charge in [-0.3, -0.25) is 0 Å². The van der Waals surface area contributed by atoms with Crippen LogP contribution in [0.5, 0.6) is 5.75 Å². The molecule has 4 nitrogen and oxygen atoms in total. The molecule has 0 saturated carbocycles. The summed E-state index contributed by atoms with van der Waals surface area (Å²) in [5, 5.41) is 9.24. The third-order valence-electron chi connectivity index (χ3n) is 3.19. The SMILES string of the molecule is O=C(O)C=Cc1cc(Cl)ccc1OCC1CCOCC1. The van der Waals surface area contributed by atoms with E-state index in [2.05, 4.69) is 0 Å². The minimum Gasteiger partial charge on any atom is -0.493 e. The van der Waals surface area contributed by atoms with Gasteiger partial charge in [-0.05, 0) is 43.0 Å². The Bertz CT molecular complexity index is 493. The number of rotatable bonds is 5. The molecule has 2 rings (SSSR count). The van der Waals surface area contributed by atoms with E-state index >= 15 is 0 Å². The topological polar surface area (TPSA) is 55.8 Å². The Hall–Kier alpha value is -1.52. The first-order valence-corrected chi connectivity index (χ1v) is 6.94. The molecule has 108 valence electrons. The lowest BCUT2D eigenvalue weighted by atomic mass is 10.0. The third kappa shape index (κ3) is 4.54. The van der Waals surface area contributed by atoms with Gasteiger partial charge in [0, 0.05) is 29.9 Å². The van der Waals surface area contributed by atoms with Gasteiger partial charge >= 0.3 is 5.97 Å². The van der Waals surface area contributed by atoms with E-state index in [-0.39, 0.29) is 0 Å². The normalized spacial score (nSPS) is 16.4. The van der Waals surface area contributed by atoms with Gasteiger partial charge < -0.3 is 14.6 Å². The van der Waals surface area contributed by atoms with Crippen LogP contribution >= 0.6 is 11.6 Å². The van der Waals surface area contributed by atoms with Crippen LogP contribution in [0.2, 0.25) is 5.02 Å². The average molecular weight is 297 g/mol. The first kappa shape index (κ1) is 14.9. The molecule has 0 radical (unpaired) electrons. The zero-order chi connectivity index (χ0) is 14.4. The van der Waals surface area contributed by atoms with Gasteiger partial charge in [0.25, 0.3) is 0 Å². The lowest BCUT2D eigenvalue weighted by molar-refractivity contribution is -0.131. The minimum absolute atomic E-state index is 0.482. The maximum atomic E-state index is 10.6. The maximum absolute atomic E-state index is 10.6. The monoisotopic (exact) mass is 296 g/mol. The molecule has 0 amide bonds. The summed E-state index contributed by atoms with van der Waals surface area (Å²) in [6, 6.07) is 5.20. The molecule has 1 saturated heterocycles. The lowest BCUT2D eigenvalue weighted by Crippen LogP contribution is -2.21. The van der Waals surface area contributed by atoms with Crippen molar-refractivity contribution < 1.29 is 19.4 Å². The van der Waals surface area contributed by atoms with Crippen molar-refractivity contribution in [2.45, 2.75) is 12.8 Å². The van der Waals surface area contributed by atoms with Gasteiger partial charge in [-0.2, -0.15) is 0 Å². The van der Waals surface area contributed by atoms with Crippen molar-refractivity contribution in [3.63, 3.8) is 0 Å². The van der Waals surface area contributed by atoms with Gasteiger partial charge in [-0.15, -0.1) is 0 Å². The largest absolute Gasteiger partial charge is 0.493 e. The molecule has 1 aromatic carbocycles. The number of carboxylic acid groups (broad SMARTS) is 1. The number of hydrogen-bond acceptors (Lipinski definition) is 3. The molecule has 0 unspecified atom stereocenters. The zero-order valence-electron chi connectivity index (χ0n) is 11.0. The molecular weight excluding hydrogens is 280 g/mol. The van der Waals surface area contributed by atoms with E-state index in [0.717, 1.165) is 32.1 Å². The van der Waals surface area contributed by atoms with Crippen molar-refractivity contribution >= 4 is 23.6 Å². The highest BCUT2D eigenvalue weighted by molar-refractivity contribution is 6.30. The summed E-state index contributed by atoms with van der Waals surface area (Å²) in [4.78, 5) is 10.6. The Labute approximate surface area is 123 Å². The predicted octanol–water partition coefficient (Wildman–Crippen LogP) is 3.24. The van der Waals surface area contributed by atoms with Gasteiger partial charge in [-0.1, -0.05) is 11.6 Å². The summed E-state index contributed by atoms with van der Waals surface area (Å²) in [6.45, 7) is 2.17. The van der Waals surface area contributed by atoms with Crippen LogP contribution in [0.15, 0.2) is 24.3 Å². The van der Waals surface area contributed by atoms with Gasteiger partial charge in [0.05, 0.1) is 6.61 Å². The standard InChI is InChI=1S/C15H17ClO4/c16-13-2-3-14(12(9-13)1-4-15(17)18)20-10-11-5-7-19-8-6-11/h1-4,9,11H,5-8,10H2,(H,17,18). The first-order valence-electron chi connectivity index (χ1n) is 6.56. The van der Waals surface area contributed by atoms with Crippen molar-refractivity contribution in [2.75, 3.05) is 19.8 Å². The zero-order valence-corrected chi connectivity index (χ0v) is 11.8. The molecule has 0 bridgehead atoms. The number of carbonyl (C=O) groups is 1. The number of halogens is 1. The molecule has 0 spiro atoms. The minimum atomic E-state index is -1.000. The van der Waals surface area contributed by atoms with Crippen LogP contribution in [0, 0.1) is 5.92 Å². The van der Waals surface area contributed by atoms with Gasteiger partial charge in [0.2, 0.25) is 0 Å².